The van der Waals surface area contributed by atoms with E-state index in [0.717, 1.165) is 46.4 Å². The van der Waals surface area contributed by atoms with E-state index in [-0.39, 0.29) is 17.8 Å². The Kier molecular flexibility index (Phi) is 7.40. The normalized spacial score (nSPS) is 15.9. The van der Waals surface area contributed by atoms with E-state index in [1.807, 2.05) is 35.2 Å². The number of rotatable bonds is 8. The van der Waals surface area contributed by atoms with Gasteiger partial charge in [0.05, 0.1) is 33.2 Å². The highest BCUT2D eigenvalue weighted by atomic mass is 16.5. The van der Waals surface area contributed by atoms with E-state index >= 15 is 0 Å². The third-order valence-corrected chi connectivity index (χ3v) is 6.37. The van der Waals surface area contributed by atoms with Gasteiger partial charge in [-0.25, -0.2) is 0 Å². The van der Waals surface area contributed by atoms with Gasteiger partial charge in [-0.05, 0) is 49.1 Å². The molecule has 1 unspecified atom stereocenters. The van der Waals surface area contributed by atoms with Crippen LogP contribution in [0.3, 0.4) is 0 Å². The van der Waals surface area contributed by atoms with Crippen LogP contribution in [0.5, 0.6) is 11.5 Å². The molecule has 4 rings (SSSR count). The second-order valence-electron chi connectivity index (χ2n) is 8.63. The van der Waals surface area contributed by atoms with E-state index in [4.69, 9.17) is 14.2 Å². The van der Waals surface area contributed by atoms with E-state index in [2.05, 4.69) is 22.9 Å². The number of methoxy groups -OCH3 is 2. The van der Waals surface area contributed by atoms with E-state index in [9.17, 15) is 9.59 Å². The number of esters is 1. The lowest BCUT2D eigenvalue weighted by atomic mass is 9.97. The molecule has 0 radical (unpaired) electrons. The lowest BCUT2D eigenvalue weighted by Gasteiger charge is -2.31. The summed E-state index contributed by atoms with van der Waals surface area (Å²) >= 11 is 0. The van der Waals surface area contributed by atoms with Gasteiger partial charge in [-0.15, -0.1) is 0 Å². The van der Waals surface area contributed by atoms with Crippen molar-refractivity contribution in [1.29, 1.82) is 0 Å². The Morgan fingerprint density at radius 1 is 1.06 bits per heavy atom. The van der Waals surface area contributed by atoms with E-state index in [1.54, 1.807) is 21.1 Å². The lowest BCUT2D eigenvalue weighted by molar-refractivity contribution is -0.151. The van der Waals surface area contributed by atoms with Crippen LogP contribution in [0.25, 0.3) is 10.9 Å². The number of benzene rings is 2. The molecule has 0 bridgehead atoms. The highest BCUT2D eigenvalue weighted by Gasteiger charge is 2.29. The highest BCUT2D eigenvalue weighted by molar-refractivity contribution is 5.89. The zero-order valence-electron chi connectivity index (χ0n) is 20.1. The number of aromatic nitrogens is 1. The minimum atomic E-state index is -0.234. The van der Waals surface area contributed by atoms with Crippen LogP contribution in [-0.2, 0) is 27.3 Å². The molecule has 2 aromatic carbocycles. The zero-order valence-corrected chi connectivity index (χ0v) is 20.1. The van der Waals surface area contributed by atoms with Gasteiger partial charge in [0.25, 0.3) is 0 Å². The fourth-order valence-corrected chi connectivity index (χ4v) is 4.68. The Labute approximate surface area is 200 Å². The Morgan fingerprint density at radius 3 is 2.50 bits per heavy atom. The fraction of sp³-hybridized carbons (Fsp3) is 0.407. The monoisotopic (exact) mass is 464 g/mol. The maximum absolute atomic E-state index is 13.2. The molecule has 1 aliphatic heterocycles. The van der Waals surface area contributed by atoms with Crippen molar-refractivity contribution >= 4 is 22.8 Å². The van der Waals surface area contributed by atoms with Crippen LogP contribution in [0.15, 0.2) is 48.7 Å². The fourth-order valence-electron chi connectivity index (χ4n) is 4.68. The van der Waals surface area contributed by atoms with Crippen molar-refractivity contribution in [3.8, 4) is 11.5 Å². The summed E-state index contributed by atoms with van der Waals surface area (Å²) in [6.45, 7) is 3.90. The molecular weight excluding hydrogens is 432 g/mol. The number of carbonyl (C=O) groups excluding carboxylic acids is 2. The van der Waals surface area contributed by atoms with E-state index < -0.39 is 0 Å². The standard InChI is InChI=1S/C27H32N2O5/c1-4-34-27(31)20-8-7-11-28(17-20)26(30)14-21-18-29(25-10-6-5-9-24(21)25)16-19-12-22(32-2)15-23(13-19)33-3/h5-6,9-10,12-13,15,18,20H,4,7-8,11,14,16-17H2,1-3H3. The molecule has 34 heavy (non-hydrogen) atoms. The molecule has 0 N–H and O–H groups in total. The third-order valence-electron chi connectivity index (χ3n) is 6.37. The van der Waals surface area contributed by atoms with Crippen molar-refractivity contribution < 1.29 is 23.8 Å². The van der Waals surface area contributed by atoms with Crippen LogP contribution in [0.1, 0.15) is 30.9 Å². The number of para-hydroxylation sites is 1. The largest absolute Gasteiger partial charge is 0.497 e. The first-order chi connectivity index (χ1) is 16.5. The predicted octanol–water partition coefficient (Wildman–Crippen LogP) is 4.05. The molecule has 1 aromatic heterocycles. The second kappa shape index (κ2) is 10.6. The van der Waals surface area contributed by atoms with Gasteiger partial charge in [0.2, 0.25) is 5.91 Å². The van der Waals surface area contributed by atoms with Crippen molar-refractivity contribution in [2.24, 2.45) is 5.92 Å². The number of likely N-dealkylation sites (tertiary alicyclic amines) is 1. The van der Waals surface area contributed by atoms with Crippen molar-refractivity contribution in [1.82, 2.24) is 9.47 Å². The van der Waals surface area contributed by atoms with Gasteiger partial charge in [-0.1, -0.05) is 18.2 Å². The summed E-state index contributed by atoms with van der Waals surface area (Å²) in [7, 11) is 3.28. The molecular formula is C27H32N2O5. The molecule has 1 fully saturated rings. The number of amides is 1. The molecule has 0 aliphatic carbocycles. The van der Waals surface area contributed by atoms with Crippen molar-refractivity contribution in [2.45, 2.75) is 32.7 Å². The zero-order chi connectivity index (χ0) is 24.1. The number of piperidine rings is 1. The van der Waals surface area contributed by atoms with Gasteiger partial charge in [0.15, 0.2) is 0 Å². The molecule has 7 nitrogen and oxygen atoms in total. The smallest absolute Gasteiger partial charge is 0.310 e. The lowest BCUT2D eigenvalue weighted by Crippen LogP contribution is -2.43. The van der Waals surface area contributed by atoms with Crippen molar-refractivity contribution in [2.75, 3.05) is 33.9 Å². The molecule has 0 saturated carbocycles. The Balaban J connectivity index is 1.55. The van der Waals surface area contributed by atoms with Gasteiger partial charge in [-0.2, -0.15) is 0 Å². The first-order valence-electron chi connectivity index (χ1n) is 11.8. The van der Waals surface area contributed by atoms with Crippen LogP contribution in [-0.4, -0.2) is 55.3 Å². The number of carbonyl (C=O) groups is 2. The summed E-state index contributed by atoms with van der Waals surface area (Å²) in [6.07, 6.45) is 3.94. The van der Waals surface area contributed by atoms with E-state index in [1.165, 1.54) is 0 Å². The highest BCUT2D eigenvalue weighted by Crippen LogP contribution is 2.27. The molecule has 1 saturated heterocycles. The van der Waals surface area contributed by atoms with Crippen LogP contribution < -0.4 is 9.47 Å². The average molecular weight is 465 g/mol. The summed E-state index contributed by atoms with van der Waals surface area (Å²) in [5.74, 6) is 1.08. The first-order valence-corrected chi connectivity index (χ1v) is 11.8. The third kappa shape index (κ3) is 5.19. The minimum Gasteiger partial charge on any atom is -0.497 e. The molecule has 7 heteroatoms. The molecule has 2 heterocycles. The van der Waals surface area contributed by atoms with Gasteiger partial charge < -0.3 is 23.7 Å². The molecule has 180 valence electrons. The molecule has 0 spiro atoms. The SMILES string of the molecule is CCOC(=O)C1CCCN(C(=O)Cc2cn(Cc3cc(OC)cc(OC)c3)c3ccccc23)C1. The summed E-state index contributed by atoms with van der Waals surface area (Å²) in [5.41, 5.74) is 3.09. The maximum Gasteiger partial charge on any atom is 0.310 e. The number of ether oxygens (including phenoxy) is 3. The van der Waals surface area contributed by atoms with Crippen LogP contribution >= 0.6 is 0 Å². The van der Waals surface area contributed by atoms with Crippen molar-refractivity contribution in [3.05, 3.63) is 59.8 Å². The van der Waals surface area contributed by atoms with Gasteiger partial charge >= 0.3 is 5.97 Å². The van der Waals surface area contributed by atoms with Gasteiger partial charge in [0, 0.05) is 42.8 Å². The number of hydrogen-bond donors (Lipinski definition) is 0. The first kappa shape index (κ1) is 23.7. The molecule has 1 atom stereocenters. The van der Waals surface area contributed by atoms with Crippen LogP contribution in [0.2, 0.25) is 0 Å². The summed E-state index contributed by atoms with van der Waals surface area (Å²) in [5, 5.41) is 1.06. The van der Waals surface area contributed by atoms with Crippen molar-refractivity contribution in [3.63, 3.8) is 0 Å². The van der Waals surface area contributed by atoms with Crippen LogP contribution in [0, 0.1) is 5.92 Å². The number of hydrogen-bond acceptors (Lipinski definition) is 5. The van der Waals surface area contributed by atoms with Gasteiger partial charge in [-0.3, -0.25) is 9.59 Å². The average Bonchev–Trinajstić information content (AvgIpc) is 3.20. The topological polar surface area (TPSA) is 70.0 Å². The Bertz CT molecular complexity index is 1150. The Hall–Kier alpha value is -3.48. The molecule has 1 aliphatic rings. The summed E-state index contributed by atoms with van der Waals surface area (Å²) in [6, 6.07) is 14.0. The number of fused-ring (bicyclic) bond motifs is 1. The maximum atomic E-state index is 13.2. The van der Waals surface area contributed by atoms with Crippen LogP contribution in [0.4, 0.5) is 0 Å². The summed E-state index contributed by atoms with van der Waals surface area (Å²) in [4.78, 5) is 27.2. The molecule has 1 amide bonds. The minimum absolute atomic E-state index is 0.0416. The second-order valence-corrected chi connectivity index (χ2v) is 8.63. The molecule has 3 aromatic rings. The van der Waals surface area contributed by atoms with Gasteiger partial charge in [0.1, 0.15) is 11.5 Å². The number of nitrogens with zero attached hydrogens (tertiary/aromatic N) is 2. The Morgan fingerprint density at radius 2 is 1.79 bits per heavy atom. The quantitative estimate of drug-likeness (QED) is 0.471. The summed E-state index contributed by atoms with van der Waals surface area (Å²) < 4.78 is 18.2. The van der Waals surface area contributed by atoms with E-state index in [0.29, 0.717) is 32.7 Å². The predicted molar refractivity (Wildman–Crippen MR) is 130 cm³/mol.